The van der Waals surface area contributed by atoms with Gasteiger partial charge >= 0.3 is 0 Å². The minimum Gasteiger partial charge on any atom is -0.346 e. The number of amidine groups is 1. The maximum Gasteiger partial charge on any atom is 0.129 e. The number of hydrogen-bond acceptors (Lipinski definition) is 3. The quantitative estimate of drug-likeness (QED) is 0.896. The molecule has 5 heteroatoms. The molecule has 4 nitrogen and oxygen atoms in total. The molecule has 1 aromatic carbocycles. The number of halogens is 1. The average molecular weight is 256 g/mol. The number of hydrogen-bond donors (Lipinski definition) is 1. The zero-order valence-corrected chi connectivity index (χ0v) is 10.5. The van der Waals surface area contributed by atoms with Gasteiger partial charge in [0.05, 0.1) is 24.1 Å². The summed E-state index contributed by atoms with van der Waals surface area (Å²) in [4.78, 5) is 10.3. The van der Waals surface area contributed by atoms with Crippen molar-refractivity contribution >= 4 is 5.84 Å². The molecule has 1 aliphatic heterocycles. The highest BCUT2D eigenvalue weighted by Crippen LogP contribution is 2.24. The van der Waals surface area contributed by atoms with E-state index in [1.54, 1.807) is 18.5 Å². The van der Waals surface area contributed by atoms with Crippen molar-refractivity contribution in [2.75, 3.05) is 0 Å². The number of fused-ring (bicyclic) bond motifs is 1. The van der Waals surface area contributed by atoms with E-state index in [0.29, 0.717) is 24.5 Å². The zero-order chi connectivity index (χ0) is 13.4. The van der Waals surface area contributed by atoms with E-state index in [1.807, 2.05) is 11.8 Å². The molecule has 2 heterocycles. The van der Waals surface area contributed by atoms with Crippen LogP contribution < -0.4 is 0 Å². The van der Waals surface area contributed by atoms with Gasteiger partial charge in [-0.2, -0.15) is 0 Å². The Labute approximate surface area is 110 Å². The molecular formula is C14H13FN4. The lowest BCUT2D eigenvalue weighted by atomic mass is 10.1. The zero-order valence-electron chi connectivity index (χ0n) is 10.5. The van der Waals surface area contributed by atoms with E-state index in [-0.39, 0.29) is 5.82 Å². The van der Waals surface area contributed by atoms with Crippen LogP contribution in [0.2, 0.25) is 0 Å². The molecule has 0 bridgehead atoms. The first-order chi connectivity index (χ1) is 9.13. The second-order valence-electron chi connectivity index (χ2n) is 4.66. The normalized spacial score (nSPS) is 13.8. The molecule has 1 aromatic heterocycles. The third-order valence-corrected chi connectivity index (χ3v) is 3.19. The summed E-state index contributed by atoms with van der Waals surface area (Å²) >= 11 is 0. The van der Waals surface area contributed by atoms with E-state index in [2.05, 4.69) is 9.97 Å². The highest BCUT2D eigenvalue weighted by molar-refractivity contribution is 6.00. The van der Waals surface area contributed by atoms with E-state index < -0.39 is 0 Å². The molecular weight excluding hydrogens is 243 g/mol. The van der Waals surface area contributed by atoms with Crippen molar-refractivity contribution in [3.8, 4) is 0 Å². The Balaban J connectivity index is 1.82. The van der Waals surface area contributed by atoms with Crippen LogP contribution >= 0.6 is 0 Å². The Morgan fingerprint density at radius 3 is 2.89 bits per heavy atom. The number of benzene rings is 1. The Kier molecular flexibility index (Phi) is 2.74. The van der Waals surface area contributed by atoms with Crippen LogP contribution in [0, 0.1) is 18.2 Å². The van der Waals surface area contributed by atoms with Gasteiger partial charge in [-0.05, 0) is 24.6 Å². The first kappa shape index (κ1) is 11.8. The van der Waals surface area contributed by atoms with Gasteiger partial charge in [-0.15, -0.1) is 0 Å². The van der Waals surface area contributed by atoms with Crippen molar-refractivity contribution in [2.45, 2.75) is 20.0 Å². The lowest BCUT2D eigenvalue weighted by Crippen LogP contribution is -2.24. The maximum absolute atomic E-state index is 13.2. The average Bonchev–Trinajstić information content (AvgIpc) is 2.70. The molecule has 1 N–H and O–H groups in total. The Morgan fingerprint density at radius 1 is 1.32 bits per heavy atom. The van der Waals surface area contributed by atoms with Crippen LogP contribution in [0.5, 0.6) is 0 Å². The third-order valence-electron chi connectivity index (χ3n) is 3.19. The van der Waals surface area contributed by atoms with Crippen LogP contribution in [0.15, 0.2) is 30.6 Å². The van der Waals surface area contributed by atoms with Crippen molar-refractivity contribution in [2.24, 2.45) is 0 Å². The molecule has 0 radical (unpaired) electrons. The van der Waals surface area contributed by atoms with Crippen molar-refractivity contribution in [3.05, 3.63) is 58.9 Å². The van der Waals surface area contributed by atoms with Gasteiger partial charge < -0.3 is 4.90 Å². The summed E-state index contributed by atoms with van der Waals surface area (Å²) < 4.78 is 13.2. The fraction of sp³-hybridized carbons (Fsp3) is 0.214. The molecule has 3 rings (SSSR count). The minimum absolute atomic E-state index is 0.305. The second kappa shape index (κ2) is 4.42. The van der Waals surface area contributed by atoms with E-state index in [0.717, 1.165) is 17.0 Å². The predicted octanol–water partition coefficient (Wildman–Crippen LogP) is 2.27. The molecule has 0 spiro atoms. The number of nitrogens with one attached hydrogen (secondary N) is 1. The van der Waals surface area contributed by atoms with Gasteiger partial charge in [-0.3, -0.25) is 15.4 Å². The molecule has 0 saturated carbocycles. The van der Waals surface area contributed by atoms with Crippen molar-refractivity contribution in [1.29, 1.82) is 5.41 Å². The first-order valence-corrected chi connectivity index (χ1v) is 6.03. The van der Waals surface area contributed by atoms with Crippen LogP contribution in [0.4, 0.5) is 4.39 Å². The number of aryl methyl sites for hydroxylation is 1. The van der Waals surface area contributed by atoms with E-state index >= 15 is 0 Å². The molecule has 0 unspecified atom stereocenters. The fourth-order valence-electron chi connectivity index (χ4n) is 2.19. The smallest absolute Gasteiger partial charge is 0.129 e. The molecule has 19 heavy (non-hydrogen) atoms. The topological polar surface area (TPSA) is 52.9 Å². The van der Waals surface area contributed by atoms with Gasteiger partial charge in [0.1, 0.15) is 11.7 Å². The van der Waals surface area contributed by atoms with Crippen LogP contribution in [0.25, 0.3) is 0 Å². The van der Waals surface area contributed by atoms with E-state index in [4.69, 9.17) is 5.41 Å². The maximum atomic E-state index is 13.2. The first-order valence-electron chi connectivity index (χ1n) is 6.03. The van der Waals surface area contributed by atoms with E-state index in [1.165, 1.54) is 12.1 Å². The molecule has 0 amide bonds. The largest absolute Gasteiger partial charge is 0.346 e. The van der Waals surface area contributed by atoms with Crippen molar-refractivity contribution in [3.63, 3.8) is 0 Å². The molecule has 96 valence electrons. The highest BCUT2D eigenvalue weighted by atomic mass is 19.1. The second-order valence-corrected chi connectivity index (χ2v) is 4.66. The van der Waals surface area contributed by atoms with E-state index in [9.17, 15) is 4.39 Å². The Morgan fingerprint density at radius 2 is 2.16 bits per heavy atom. The van der Waals surface area contributed by atoms with Crippen LogP contribution in [-0.4, -0.2) is 20.7 Å². The molecule has 0 saturated heterocycles. The van der Waals surface area contributed by atoms with Crippen LogP contribution in [-0.2, 0) is 13.1 Å². The monoisotopic (exact) mass is 256 g/mol. The molecule has 1 aliphatic rings. The number of aromatic nitrogens is 2. The molecule has 2 aromatic rings. The molecule has 0 atom stereocenters. The summed E-state index contributed by atoms with van der Waals surface area (Å²) in [5, 5.41) is 8.09. The van der Waals surface area contributed by atoms with Gasteiger partial charge in [0.15, 0.2) is 0 Å². The van der Waals surface area contributed by atoms with Gasteiger partial charge in [0, 0.05) is 18.3 Å². The van der Waals surface area contributed by atoms with Crippen molar-refractivity contribution < 1.29 is 4.39 Å². The summed E-state index contributed by atoms with van der Waals surface area (Å²) in [5.74, 6) is 0.0392. The predicted molar refractivity (Wildman–Crippen MR) is 69.2 cm³/mol. The lowest BCUT2D eigenvalue weighted by molar-refractivity contribution is 0.415. The summed E-state index contributed by atoms with van der Waals surface area (Å²) in [6.45, 7) is 3.01. The highest BCUT2D eigenvalue weighted by Gasteiger charge is 2.24. The Bertz CT molecular complexity index is 636. The summed E-state index contributed by atoms with van der Waals surface area (Å²) in [6, 6.07) is 4.58. The number of nitrogens with zero attached hydrogens (tertiary/aromatic N) is 3. The SMILES string of the molecule is Cc1cnc(CN2Cc3ccc(F)cc3C2=N)cn1. The Hall–Kier alpha value is -2.30. The molecule has 0 fully saturated rings. The van der Waals surface area contributed by atoms with Gasteiger partial charge in [0.25, 0.3) is 0 Å². The molecule has 0 aliphatic carbocycles. The summed E-state index contributed by atoms with van der Waals surface area (Å²) in [5.41, 5.74) is 3.32. The summed E-state index contributed by atoms with van der Waals surface area (Å²) in [6.07, 6.45) is 3.42. The van der Waals surface area contributed by atoms with Gasteiger partial charge in [0.2, 0.25) is 0 Å². The van der Waals surface area contributed by atoms with Crippen LogP contribution in [0.3, 0.4) is 0 Å². The lowest BCUT2D eigenvalue weighted by Gasteiger charge is -2.16. The van der Waals surface area contributed by atoms with Crippen molar-refractivity contribution in [1.82, 2.24) is 14.9 Å². The van der Waals surface area contributed by atoms with Crippen LogP contribution in [0.1, 0.15) is 22.5 Å². The number of rotatable bonds is 2. The van der Waals surface area contributed by atoms with Gasteiger partial charge in [-0.25, -0.2) is 4.39 Å². The van der Waals surface area contributed by atoms with Gasteiger partial charge in [-0.1, -0.05) is 6.07 Å². The fourth-order valence-corrected chi connectivity index (χ4v) is 2.19. The summed E-state index contributed by atoms with van der Waals surface area (Å²) in [7, 11) is 0. The minimum atomic E-state index is -0.305. The third kappa shape index (κ3) is 2.19. The standard InChI is InChI=1S/C14H13FN4/c1-9-5-18-12(6-17-9)8-19-7-10-2-3-11(15)4-13(10)14(19)16/h2-6,16H,7-8H2,1H3.